The van der Waals surface area contributed by atoms with Gasteiger partial charge in [0.2, 0.25) is 0 Å². The fourth-order valence-corrected chi connectivity index (χ4v) is 1.71. The van der Waals surface area contributed by atoms with E-state index in [2.05, 4.69) is 43.3 Å². The summed E-state index contributed by atoms with van der Waals surface area (Å²) in [6.07, 6.45) is 2.37. The third-order valence-electron chi connectivity index (χ3n) is 2.51. The molecule has 0 nitrogen and oxygen atoms in total. The lowest BCUT2D eigenvalue weighted by Gasteiger charge is -2.02. The highest BCUT2D eigenvalue weighted by Crippen LogP contribution is 2.18. The van der Waals surface area contributed by atoms with Crippen LogP contribution in [0.5, 0.6) is 0 Å². The molecule has 15 heavy (non-hydrogen) atoms. The van der Waals surface area contributed by atoms with Crippen LogP contribution < -0.4 is 0 Å². The summed E-state index contributed by atoms with van der Waals surface area (Å²) < 4.78 is 0. The van der Waals surface area contributed by atoms with Gasteiger partial charge in [0.1, 0.15) is 0 Å². The van der Waals surface area contributed by atoms with Crippen molar-refractivity contribution in [2.45, 2.75) is 19.8 Å². The van der Waals surface area contributed by atoms with Crippen molar-refractivity contribution in [3.8, 4) is 11.1 Å². The van der Waals surface area contributed by atoms with Gasteiger partial charge in [-0.3, -0.25) is 0 Å². The van der Waals surface area contributed by atoms with Crippen LogP contribution in [-0.2, 0) is 6.42 Å². The van der Waals surface area contributed by atoms with Gasteiger partial charge in [-0.05, 0) is 29.2 Å². The molecule has 0 saturated carbocycles. The summed E-state index contributed by atoms with van der Waals surface area (Å²) in [5, 5.41) is 0. The number of rotatable bonds is 3. The minimum absolute atomic E-state index is 1.17. The normalized spacial score (nSPS) is 10.2. The van der Waals surface area contributed by atoms with Gasteiger partial charge in [-0.15, -0.1) is 0 Å². The predicted molar refractivity (Wildman–Crippen MR) is 64.7 cm³/mol. The largest absolute Gasteiger partial charge is 0.0651 e. The van der Waals surface area contributed by atoms with Crippen LogP contribution in [0.3, 0.4) is 0 Å². The van der Waals surface area contributed by atoms with Gasteiger partial charge >= 0.3 is 0 Å². The Morgan fingerprint density at radius 2 is 1.80 bits per heavy atom. The molecule has 0 amide bonds. The summed E-state index contributed by atoms with van der Waals surface area (Å²) in [6, 6.07) is 20.1. The molecule has 0 spiro atoms. The molecule has 2 rings (SSSR count). The summed E-state index contributed by atoms with van der Waals surface area (Å²) in [7, 11) is 0. The zero-order valence-corrected chi connectivity index (χ0v) is 9.03. The van der Waals surface area contributed by atoms with E-state index >= 15 is 0 Å². The number of hydrogen-bond acceptors (Lipinski definition) is 0. The van der Waals surface area contributed by atoms with E-state index in [4.69, 9.17) is 0 Å². The Kier molecular flexibility index (Phi) is 3.18. The maximum atomic E-state index is 3.24. The Morgan fingerprint density at radius 3 is 2.40 bits per heavy atom. The van der Waals surface area contributed by atoms with Gasteiger partial charge in [0.25, 0.3) is 0 Å². The van der Waals surface area contributed by atoms with Crippen LogP contribution in [0.4, 0.5) is 0 Å². The summed E-state index contributed by atoms with van der Waals surface area (Å²) >= 11 is 0. The van der Waals surface area contributed by atoms with Crippen LogP contribution in [-0.4, -0.2) is 0 Å². The Balaban J connectivity index is 2.24. The fourth-order valence-electron chi connectivity index (χ4n) is 1.71. The van der Waals surface area contributed by atoms with Crippen LogP contribution in [0.15, 0.2) is 48.5 Å². The molecule has 0 aliphatic carbocycles. The maximum Gasteiger partial charge on any atom is -0.00992 e. The molecule has 0 heteroatoms. The van der Waals surface area contributed by atoms with Crippen molar-refractivity contribution in [3.63, 3.8) is 0 Å². The molecule has 2 aromatic rings. The minimum Gasteiger partial charge on any atom is -0.0651 e. The van der Waals surface area contributed by atoms with Gasteiger partial charge in [0.15, 0.2) is 0 Å². The molecule has 75 valence electrons. The van der Waals surface area contributed by atoms with E-state index in [1.807, 2.05) is 18.2 Å². The molecule has 0 unspecified atom stereocenters. The molecule has 0 aromatic heterocycles. The first-order chi connectivity index (χ1) is 7.40. The molecular weight excluding hydrogens is 180 g/mol. The SMILES string of the molecule is CCCc1ccc(-c2[c]cccc2)cc1. The van der Waals surface area contributed by atoms with Gasteiger partial charge in [-0.25, -0.2) is 0 Å². The first-order valence-corrected chi connectivity index (χ1v) is 5.46. The van der Waals surface area contributed by atoms with E-state index in [1.54, 1.807) is 0 Å². The van der Waals surface area contributed by atoms with Gasteiger partial charge in [0.05, 0.1) is 0 Å². The van der Waals surface area contributed by atoms with Crippen molar-refractivity contribution >= 4 is 0 Å². The smallest absolute Gasteiger partial charge is 0.00992 e. The second kappa shape index (κ2) is 4.79. The zero-order valence-electron chi connectivity index (χ0n) is 9.03. The van der Waals surface area contributed by atoms with Crippen LogP contribution in [0.2, 0.25) is 0 Å². The van der Waals surface area contributed by atoms with Crippen LogP contribution in [0.1, 0.15) is 18.9 Å². The highest BCUT2D eigenvalue weighted by atomic mass is 14.0. The Labute approximate surface area is 91.6 Å². The molecule has 0 bridgehead atoms. The van der Waals surface area contributed by atoms with Gasteiger partial charge in [-0.1, -0.05) is 61.9 Å². The molecule has 0 N–H and O–H groups in total. The molecule has 0 saturated heterocycles. The lowest BCUT2D eigenvalue weighted by atomic mass is 10.0. The quantitative estimate of drug-likeness (QED) is 0.691. The Morgan fingerprint density at radius 1 is 1.00 bits per heavy atom. The van der Waals surface area contributed by atoms with E-state index in [0.717, 1.165) is 0 Å². The molecule has 0 aliphatic heterocycles. The number of benzene rings is 2. The predicted octanol–water partition coefficient (Wildman–Crippen LogP) is 4.11. The van der Waals surface area contributed by atoms with Crippen molar-refractivity contribution in [1.82, 2.24) is 0 Å². The summed E-state index contributed by atoms with van der Waals surface area (Å²) in [5.41, 5.74) is 3.83. The highest BCUT2D eigenvalue weighted by molar-refractivity contribution is 5.62. The van der Waals surface area contributed by atoms with Crippen molar-refractivity contribution in [3.05, 3.63) is 60.2 Å². The molecule has 2 aromatic carbocycles. The second-order valence-electron chi connectivity index (χ2n) is 3.72. The molecule has 0 aliphatic rings. The van der Waals surface area contributed by atoms with Crippen molar-refractivity contribution in [2.24, 2.45) is 0 Å². The third-order valence-corrected chi connectivity index (χ3v) is 2.51. The van der Waals surface area contributed by atoms with E-state index in [1.165, 1.54) is 29.5 Å². The summed E-state index contributed by atoms with van der Waals surface area (Å²) in [6.45, 7) is 2.21. The molecule has 0 atom stereocenters. The second-order valence-corrected chi connectivity index (χ2v) is 3.72. The third kappa shape index (κ3) is 2.47. The molecule has 0 fully saturated rings. The molecule has 1 radical (unpaired) electrons. The van der Waals surface area contributed by atoms with Gasteiger partial charge in [0, 0.05) is 0 Å². The Hall–Kier alpha value is -1.56. The minimum atomic E-state index is 1.17. The first-order valence-electron chi connectivity index (χ1n) is 5.46. The standard InChI is InChI=1S/C15H15/c1-2-6-13-9-11-15(12-10-13)14-7-4-3-5-8-14/h3-5,7,9-12H,2,6H2,1H3. The fraction of sp³-hybridized carbons (Fsp3) is 0.200. The zero-order chi connectivity index (χ0) is 10.5. The van der Waals surface area contributed by atoms with E-state index in [-0.39, 0.29) is 0 Å². The van der Waals surface area contributed by atoms with Gasteiger partial charge in [-0.2, -0.15) is 0 Å². The number of hydrogen-bond donors (Lipinski definition) is 0. The Bertz CT molecular complexity index is 398. The van der Waals surface area contributed by atoms with E-state index in [9.17, 15) is 0 Å². The number of aryl methyl sites for hydroxylation is 1. The van der Waals surface area contributed by atoms with E-state index < -0.39 is 0 Å². The molecule has 0 heterocycles. The van der Waals surface area contributed by atoms with Crippen LogP contribution in [0.25, 0.3) is 11.1 Å². The van der Waals surface area contributed by atoms with E-state index in [0.29, 0.717) is 0 Å². The van der Waals surface area contributed by atoms with Crippen molar-refractivity contribution < 1.29 is 0 Å². The van der Waals surface area contributed by atoms with Crippen LogP contribution in [0, 0.1) is 6.07 Å². The topological polar surface area (TPSA) is 0 Å². The average Bonchev–Trinajstić information content (AvgIpc) is 2.32. The average molecular weight is 195 g/mol. The highest BCUT2D eigenvalue weighted by Gasteiger charge is 1.96. The monoisotopic (exact) mass is 195 g/mol. The molecular formula is C15H15. The lowest BCUT2D eigenvalue weighted by molar-refractivity contribution is 0.922. The van der Waals surface area contributed by atoms with Crippen molar-refractivity contribution in [2.75, 3.05) is 0 Å². The maximum absolute atomic E-state index is 3.24. The van der Waals surface area contributed by atoms with Crippen LogP contribution >= 0.6 is 0 Å². The van der Waals surface area contributed by atoms with Crippen molar-refractivity contribution in [1.29, 1.82) is 0 Å². The summed E-state index contributed by atoms with van der Waals surface area (Å²) in [4.78, 5) is 0. The lowest BCUT2D eigenvalue weighted by Crippen LogP contribution is -1.83. The first kappa shape index (κ1) is 9.97. The summed E-state index contributed by atoms with van der Waals surface area (Å²) in [5.74, 6) is 0. The van der Waals surface area contributed by atoms with Gasteiger partial charge < -0.3 is 0 Å².